The number of halogens is 1. The molecule has 1 atom stereocenters. The molecule has 0 aromatic heterocycles. The number of hydrogen-bond acceptors (Lipinski definition) is 3. The molecular weight excluding hydrogens is 451 g/mol. The molecule has 1 aromatic rings. The predicted molar refractivity (Wildman–Crippen MR) is 127 cm³/mol. The van der Waals surface area contributed by atoms with Crippen LogP contribution in [0.15, 0.2) is 29.3 Å². The molecule has 1 unspecified atom stereocenters. The lowest BCUT2D eigenvalue weighted by molar-refractivity contribution is 0.134. The van der Waals surface area contributed by atoms with Gasteiger partial charge in [-0.3, -0.25) is 4.99 Å². The van der Waals surface area contributed by atoms with Crippen LogP contribution in [0.5, 0.6) is 0 Å². The van der Waals surface area contributed by atoms with Crippen LogP contribution in [-0.4, -0.2) is 50.2 Å². The van der Waals surface area contributed by atoms with Gasteiger partial charge in [0.25, 0.3) is 0 Å². The zero-order valence-corrected chi connectivity index (χ0v) is 20.1. The molecule has 0 bridgehead atoms. The second-order valence-electron chi connectivity index (χ2n) is 6.59. The van der Waals surface area contributed by atoms with E-state index in [2.05, 4.69) is 65.6 Å². The van der Waals surface area contributed by atoms with Gasteiger partial charge in [0.1, 0.15) is 0 Å². The molecule has 1 aromatic carbocycles. The number of nitrogens with zero attached hydrogens (tertiary/aromatic N) is 2. The van der Waals surface area contributed by atoms with E-state index in [-0.39, 0.29) is 24.0 Å². The fourth-order valence-electron chi connectivity index (χ4n) is 2.82. The quantitative estimate of drug-likeness (QED) is 0.264. The first-order chi connectivity index (χ1) is 12.6. The molecule has 0 heterocycles. The van der Waals surface area contributed by atoms with Crippen LogP contribution in [0.1, 0.15) is 51.7 Å². The number of guanidine groups is 1. The standard InChI is InChI=1S/C21H38N4O.HI/c1-6-25(7-2)15-9-10-18(4)24-21(22-5)23-16-19-11-13-20(14-12-19)17-26-8-3;/h11-14,18H,6-10,15-17H2,1-5H3,(H2,22,23,24);1H. The molecule has 0 saturated heterocycles. The zero-order valence-electron chi connectivity index (χ0n) is 17.8. The molecule has 0 aliphatic heterocycles. The summed E-state index contributed by atoms with van der Waals surface area (Å²) in [6, 6.07) is 8.94. The molecule has 0 aliphatic rings. The highest BCUT2D eigenvalue weighted by Crippen LogP contribution is 2.06. The molecule has 0 fully saturated rings. The SMILES string of the molecule is CCOCc1ccc(CNC(=NC)NC(C)CCCN(CC)CC)cc1.I. The lowest BCUT2D eigenvalue weighted by Crippen LogP contribution is -2.42. The van der Waals surface area contributed by atoms with Crippen LogP contribution < -0.4 is 10.6 Å². The van der Waals surface area contributed by atoms with E-state index in [1.165, 1.54) is 24.1 Å². The second kappa shape index (κ2) is 16.1. The summed E-state index contributed by atoms with van der Waals surface area (Å²) in [5.41, 5.74) is 2.45. The van der Waals surface area contributed by atoms with Gasteiger partial charge in [0.05, 0.1) is 6.61 Å². The van der Waals surface area contributed by atoms with Crippen molar-refractivity contribution in [2.24, 2.45) is 4.99 Å². The van der Waals surface area contributed by atoms with Gasteiger partial charge in [-0.2, -0.15) is 0 Å². The number of rotatable bonds is 12. The van der Waals surface area contributed by atoms with Crippen molar-refractivity contribution in [3.63, 3.8) is 0 Å². The number of benzene rings is 1. The molecule has 0 aliphatic carbocycles. The minimum Gasteiger partial charge on any atom is -0.377 e. The van der Waals surface area contributed by atoms with Crippen molar-refractivity contribution in [3.8, 4) is 0 Å². The first-order valence-electron chi connectivity index (χ1n) is 9.97. The Morgan fingerprint density at radius 1 is 1.11 bits per heavy atom. The summed E-state index contributed by atoms with van der Waals surface area (Å²) < 4.78 is 5.43. The van der Waals surface area contributed by atoms with Gasteiger partial charge in [0.15, 0.2) is 5.96 Å². The maximum Gasteiger partial charge on any atom is 0.191 e. The highest BCUT2D eigenvalue weighted by atomic mass is 127. The zero-order chi connectivity index (χ0) is 19.2. The second-order valence-corrected chi connectivity index (χ2v) is 6.59. The maximum absolute atomic E-state index is 5.43. The Morgan fingerprint density at radius 3 is 2.30 bits per heavy atom. The minimum absolute atomic E-state index is 0. The number of hydrogen-bond donors (Lipinski definition) is 2. The Labute approximate surface area is 183 Å². The average Bonchev–Trinajstić information content (AvgIpc) is 2.67. The topological polar surface area (TPSA) is 48.9 Å². The fraction of sp³-hybridized carbons (Fsp3) is 0.667. The van der Waals surface area contributed by atoms with Crippen molar-refractivity contribution in [3.05, 3.63) is 35.4 Å². The summed E-state index contributed by atoms with van der Waals surface area (Å²) in [5.74, 6) is 0.860. The Hall–Kier alpha value is -0.860. The van der Waals surface area contributed by atoms with Crippen molar-refractivity contribution in [2.75, 3.05) is 33.3 Å². The summed E-state index contributed by atoms with van der Waals surface area (Å²) in [5, 5.41) is 6.88. The van der Waals surface area contributed by atoms with E-state index < -0.39 is 0 Å². The van der Waals surface area contributed by atoms with E-state index in [0.29, 0.717) is 12.6 Å². The number of nitrogens with one attached hydrogen (secondary N) is 2. The van der Waals surface area contributed by atoms with Crippen molar-refractivity contribution in [1.82, 2.24) is 15.5 Å². The highest BCUT2D eigenvalue weighted by molar-refractivity contribution is 14.0. The van der Waals surface area contributed by atoms with Crippen LogP contribution in [0, 0.1) is 0 Å². The van der Waals surface area contributed by atoms with Gasteiger partial charge in [0.2, 0.25) is 0 Å². The molecule has 27 heavy (non-hydrogen) atoms. The van der Waals surface area contributed by atoms with Crippen LogP contribution in [0.25, 0.3) is 0 Å². The first kappa shape index (κ1) is 26.1. The van der Waals surface area contributed by atoms with Gasteiger partial charge in [-0.1, -0.05) is 38.1 Å². The van der Waals surface area contributed by atoms with Crippen LogP contribution >= 0.6 is 24.0 Å². The molecule has 156 valence electrons. The normalized spacial score (nSPS) is 12.6. The van der Waals surface area contributed by atoms with Crippen molar-refractivity contribution < 1.29 is 4.74 Å². The van der Waals surface area contributed by atoms with Crippen molar-refractivity contribution in [2.45, 2.75) is 59.7 Å². The predicted octanol–water partition coefficient (Wildman–Crippen LogP) is 4.02. The highest BCUT2D eigenvalue weighted by Gasteiger charge is 2.06. The third-order valence-electron chi connectivity index (χ3n) is 4.57. The summed E-state index contributed by atoms with van der Waals surface area (Å²) in [6.07, 6.45) is 2.34. The van der Waals surface area contributed by atoms with E-state index in [9.17, 15) is 0 Å². The Balaban J connectivity index is 0.00000676. The van der Waals surface area contributed by atoms with Gasteiger partial charge in [-0.25, -0.2) is 0 Å². The fourth-order valence-corrected chi connectivity index (χ4v) is 2.82. The van der Waals surface area contributed by atoms with Gasteiger partial charge in [-0.15, -0.1) is 24.0 Å². The molecule has 2 N–H and O–H groups in total. The van der Waals surface area contributed by atoms with Gasteiger partial charge < -0.3 is 20.3 Å². The summed E-state index contributed by atoms with van der Waals surface area (Å²) in [4.78, 5) is 6.81. The minimum atomic E-state index is 0. The van der Waals surface area contributed by atoms with Crippen LogP contribution in [-0.2, 0) is 17.9 Å². The molecule has 5 nitrogen and oxygen atoms in total. The Morgan fingerprint density at radius 2 is 1.74 bits per heavy atom. The van der Waals surface area contributed by atoms with E-state index in [1.807, 2.05) is 14.0 Å². The lowest BCUT2D eigenvalue weighted by Gasteiger charge is -2.21. The molecule has 0 spiro atoms. The van der Waals surface area contributed by atoms with Crippen molar-refractivity contribution >= 4 is 29.9 Å². The van der Waals surface area contributed by atoms with Crippen LogP contribution in [0.3, 0.4) is 0 Å². The Kier molecular flexibility index (Phi) is 15.6. The Bertz CT molecular complexity index is 503. The monoisotopic (exact) mass is 490 g/mol. The van der Waals surface area contributed by atoms with E-state index in [0.717, 1.165) is 38.6 Å². The largest absolute Gasteiger partial charge is 0.377 e. The van der Waals surface area contributed by atoms with E-state index in [4.69, 9.17) is 4.74 Å². The molecule has 0 saturated carbocycles. The van der Waals surface area contributed by atoms with Gasteiger partial charge >= 0.3 is 0 Å². The first-order valence-corrected chi connectivity index (χ1v) is 9.97. The van der Waals surface area contributed by atoms with Gasteiger partial charge in [0, 0.05) is 26.2 Å². The molecule has 0 amide bonds. The summed E-state index contributed by atoms with van der Waals surface area (Å²) in [7, 11) is 1.82. The van der Waals surface area contributed by atoms with E-state index >= 15 is 0 Å². The average molecular weight is 490 g/mol. The van der Waals surface area contributed by atoms with Gasteiger partial charge in [-0.05, 0) is 57.5 Å². The van der Waals surface area contributed by atoms with Crippen molar-refractivity contribution in [1.29, 1.82) is 0 Å². The molecule has 6 heteroatoms. The third kappa shape index (κ3) is 11.5. The smallest absolute Gasteiger partial charge is 0.191 e. The maximum atomic E-state index is 5.43. The number of aliphatic imine (C=N–C) groups is 1. The molecule has 1 rings (SSSR count). The lowest BCUT2D eigenvalue weighted by atomic mass is 10.1. The van der Waals surface area contributed by atoms with Crippen LogP contribution in [0.2, 0.25) is 0 Å². The third-order valence-corrected chi connectivity index (χ3v) is 4.57. The molecular formula is C21H39IN4O. The molecule has 0 radical (unpaired) electrons. The van der Waals surface area contributed by atoms with E-state index in [1.54, 1.807) is 0 Å². The summed E-state index contributed by atoms with van der Waals surface area (Å²) in [6.45, 7) is 14.3. The van der Waals surface area contributed by atoms with Crippen LogP contribution in [0.4, 0.5) is 0 Å². The summed E-state index contributed by atoms with van der Waals surface area (Å²) >= 11 is 0. The number of ether oxygens (including phenoxy) is 1.